The molecule has 0 fully saturated rings. The monoisotopic (exact) mass is 728 g/mol. The highest BCUT2D eigenvalue weighted by Crippen LogP contribution is 2.41. The molecule has 0 aliphatic heterocycles. The molecule has 1 aliphatic carbocycles. The van der Waals surface area contributed by atoms with Crippen LogP contribution in [0.5, 0.6) is 0 Å². The maximum Gasteiger partial charge on any atom is 0.135 e. The fourth-order valence-electron chi connectivity index (χ4n) is 9.25. The summed E-state index contributed by atoms with van der Waals surface area (Å²) in [5.41, 5.74) is 16.3. The molecule has 3 aromatic heterocycles. The molecule has 0 N–H and O–H groups in total. The summed E-state index contributed by atoms with van der Waals surface area (Å²) >= 11 is 0. The Kier molecular flexibility index (Phi) is 7.05. The van der Waals surface area contributed by atoms with Crippen LogP contribution in [0.3, 0.4) is 0 Å². The highest BCUT2D eigenvalue weighted by molar-refractivity contribution is 6.14. The number of nitrogens with zero attached hydrogens (tertiary/aromatic N) is 2. The largest absolute Gasteiger partial charge is 0.456 e. The van der Waals surface area contributed by atoms with E-state index >= 15 is 0 Å². The van der Waals surface area contributed by atoms with Gasteiger partial charge >= 0.3 is 0 Å². The second-order valence-electron chi connectivity index (χ2n) is 15.2. The third kappa shape index (κ3) is 5.06. The van der Waals surface area contributed by atoms with Gasteiger partial charge in [0.05, 0.1) is 22.1 Å². The topological polar surface area (TPSA) is 23.0 Å². The van der Waals surface area contributed by atoms with E-state index in [1.165, 1.54) is 77.0 Å². The van der Waals surface area contributed by atoms with E-state index in [-0.39, 0.29) is 0 Å². The van der Waals surface area contributed by atoms with Gasteiger partial charge in [-0.3, -0.25) is 0 Å². The smallest absolute Gasteiger partial charge is 0.135 e. The molecule has 0 bridgehead atoms. The van der Waals surface area contributed by atoms with E-state index in [0.717, 1.165) is 46.2 Å². The molecule has 0 spiro atoms. The van der Waals surface area contributed by atoms with Crippen molar-refractivity contribution in [2.45, 2.75) is 12.8 Å². The van der Waals surface area contributed by atoms with Crippen molar-refractivity contribution in [3.8, 4) is 33.6 Å². The first-order valence-corrected chi connectivity index (χ1v) is 19.8. The standard InChI is InChI=1S/C54H36N2O/c1-4-12-35(13-5-1)38-20-25-50-44(30-38)43-18-10-11-19-49(43)55(50)41-23-28-53-47(33-41)48-34-42(24-29-54(48)57-53)56-51-26-21-39(36-14-6-2-7-15-36)31-45(51)46-32-40(22-27-52(46)56)37-16-8-3-9-17-37/h1-8,10-16,18-34H,9,17H2. The Labute approximate surface area is 329 Å². The van der Waals surface area contributed by atoms with Gasteiger partial charge in [0, 0.05) is 43.7 Å². The highest BCUT2D eigenvalue weighted by atomic mass is 16.3. The minimum atomic E-state index is 0.882. The van der Waals surface area contributed by atoms with Crippen molar-refractivity contribution in [2.24, 2.45) is 0 Å². The fourth-order valence-corrected chi connectivity index (χ4v) is 9.25. The molecular formula is C54H36N2O. The first kappa shape index (κ1) is 31.9. The Hall–Kier alpha value is -7.36. The predicted molar refractivity (Wildman–Crippen MR) is 240 cm³/mol. The Morgan fingerprint density at radius 2 is 0.860 bits per heavy atom. The van der Waals surface area contributed by atoms with Crippen molar-refractivity contribution in [3.05, 3.63) is 200 Å². The number of para-hydroxylation sites is 1. The van der Waals surface area contributed by atoms with Crippen LogP contribution in [-0.4, -0.2) is 9.13 Å². The van der Waals surface area contributed by atoms with E-state index < -0.39 is 0 Å². The van der Waals surface area contributed by atoms with Gasteiger partial charge < -0.3 is 13.6 Å². The Bertz CT molecular complexity index is 3450. The van der Waals surface area contributed by atoms with Gasteiger partial charge in [-0.15, -0.1) is 0 Å². The van der Waals surface area contributed by atoms with E-state index in [4.69, 9.17) is 4.42 Å². The minimum Gasteiger partial charge on any atom is -0.456 e. The Balaban J connectivity index is 1.05. The summed E-state index contributed by atoms with van der Waals surface area (Å²) in [6.07, 6.45) is 8.86. The van der Waals surface area contributed by atoms with Crippen molar-refractivity contribution < 1.29 is 4.42 Å². The summed E-state index contributed by atoms with van der Waals surface area (Å²) < 4.78 is 11.4. The first-order valence-electron chi connectivity index (χ1n) is 19.8. The third-order valence-corrected chi connectivity index (χ3v) is 12.0. The molecule has 0 amide bonds. The third-order valence-electron chi connectivity index (χ3n) is 12.0. The molecular weight excluding hydrogens is 693 g/mol. The van der Waals surface area contributed by atoms with Crippen molar-refractivity contribution in [1.82, 2.24) is 9.13 Å². The number of benzene rings is 8. The molecule has 0 radical (unpaired) electrons. The van der Waals surface area contributed by atoms with Gasteiger partial charge in [0.25, 0.3) is 0 Å². The zero-order valence-electron chi connectivity index (χ0n) is 31.2. The number of allylic oxidation sites excluding steroid dienone is 4. The van der Waals surface area contributed by atoms with E-state index in [2.05, 4.69) is 203 Å². The SMILES string of the molecule is C1=CCCC(c2ccc3c(c2)c2cc(-c4ccccc4)ccc2n3-c2ccc3oc4ccc(-n5c6ccccc6c6cc(-c7ccccc7)ccc65)cc4c3c2)=C1. The average Bonchev–Trinajstić information content (AvgIpc) is 3.93. The molecule has 8 aromatic carbocycles. The highest BCUT2D eigenvalue weighted by Gasteiger charge is 2.19. The van der Waals surface area contributed by atoms with Crippen LogP contribution in [0.4, 0.5) is 0 Å². The molecule has 3 heterocycles. The van der Waals surface area contributed by atoms with E-state index in [0.29, 0.717) is 0 Å². The van der Waals surface area contributed by atoms with Gasteiger partial charge in [-0.25, -0.2) is 0 Å². The van der Waals surface area contributed by atoms with E-state index in [9.17, 15) is 0 Å². The van der Waals surface area contributed by atoms with Gasteiger partial charge in [-0.05, 0) is 125 Å². The van der Waals surface area contributed by atoms with E-state index in [1.54, 1.807) is 0 Å². The van der Waals surface area contributed by atoms with Crippen LogP contribution in [0.2, 0.25) is 0 Å². The lowest BCUT2D eigenvalue weighted by Crippen LogP contribution is -1.94. The van der Waals surface area contributed by atoms with Gasteiger partial charge in [0.1, 0.15) is 11.2 Å². The van der Waals surface area contributed by atoms with Crippen LogP contribution in [0, 0.1) is 0 Å². The van der Waals surface area contributed by atoms with Crippen LogP contribution in [-0.2, 0) is 0 Å². The van der Waals surface area contributed by atoms with Gasteiger partial charge in [0.15, 0.2) is 0 Å². The molecule has 3 nitrogen and oxygen atoms in total. The average molecular weight is 729 g/mol. The van der Waals surface area contributed by atoms with E-state index in [1.807, 2.05) is 0 Å². The quantitative estimate of drug-likeness (QED) is 0.173. The fraction of sp³-hybridized carbons (Fsp3) is 0.0370. The summed E-state index contributed by atoms with van der Waals surface area (Å²) in [6.45, 7) is 0. The second kappa shape index (κ2) is 12.6. The normalized spacial score (nSPS) is 13.2. The number of rotatable bonds is 5. The second-order valence-corrected chi connectivity index (χ2v) is 15.2. The summed E-state index contributed by atoms with van der Waals surface area (Å²) in [7, 11) is 0. The van der Waals surface area contributed by atoms with Gasteiger partial charge in [-0.2, -0.15) is 0 Å². The zero-order chi connectivity index (χ0) is 37.5. The molecule has 57 heavy (non-hydrogen) atoms. The van der Waals surface area contributed by atoms with Crippen molar-refractivity contribution in [3.63, 3.8) is 0 Å². The summed E-state index contributed by atoms with van der Waals surface area (Å²) in [4.78, 5) is 0. The molecule has 0 saturated heterocycles. The van der Waals surface area contributed by atoms with Crippen LogP contribution in [0.1, 0.15) is 18.4 Å². The van der Waals surface area contributed by atoms with Crippen LogP contribution < -0.4 is 0 Å². The van der Waals surface area contributed by atoms with Gasteiger partial charge in [-0.1, -0.05) is 115 Å². The Morgan fingerprint density at radius 1 is 0.368 bits per heavy atom. The maximum absolute atomic E-state index is 6.53. The molecule has 11 aromatic rings. The summed E-state index contributed by atoms with van der Waals surface area (Å²) in [5, 5.41) is 7.20. The molecule has 0 unspecified atom stereocenters. The van der Waals surface area contributed by atoms with Crippen LogP contribution in [0.25, 0.3) is 105 Å². The maximum atomic E-state index is 6.53. The number of hydrogen-bond donors (Lipinski definition) is 0. The minimum absolute atomic E-state index is 0.882. The predicted octanol–water partition coefficient (Wildman–Crippen LogP) is 14.8. The lowest BCUT2D eigenvalue weighted by molar-refractivity contribution is 0.669. The number of aromatic nitrogens is 2. The number of hydrogen-bond acceptors (Lipinski definition) is 1. The van der Waals surface area contributed by atoms with Gasteiger partial charge in [0.2, 0.25) is 0 Å². The number of furan rings is 1. The summed E-state index contributed by atoms with van der Waals surface area (Å²) in [6, 6.07) is 64.1. The molecule has 0 atom stereocenters. The molecule has 268 valence electrons. The lowest BCUT2D eigenvalue weighted by Gasteiger charge is -2.11. The molecule has 3 heteroatoms. The van der Waals surface area contributed by atoms with Crippen LogP contribution in [0.15, 0.2) is 199 Å². The van der Waals surface area contributed by atoms with Crippen molar-refractivity contribution in [2.75, 3.05) is 0 Å². The molecule has 12 rings (SSSR count). The first-order chi connectivity index (χ1) is 28.2. The van der Waals surface area contributed by atoms with Crippen molar-refractivity contribution >= 4 is 71.1 Å². The molecule has 1 aliphatic rings. The number of fused-ring (bicyclic) bond motifs is 9. The van der Waals surface area contributed by atoms with Crippen molar-refractivity contribution in [1.29, 1.82) is 0 Å². The Morgan fingerprint density at radius 3 is 1.42 bits per heavy atom. The summed E-state index contributed by atoms with van der Waals surface area (Å²) in [5.74, 6) is 0. The lowest BCUT2D eigenvalue weighted by atomic mass is 9.95. The zero-order valence-corrected chi connectivity index (χ0v) is 31.2. The molecule has 0 saturated carbocycles. The van der Waals surface area contributed by atoms with Crippen LogP contribution >= 0.6 is 0 Å².